The minimum absolute atomic E-state index is 0.837. The van der Waals surface area contributed by atoms with E-state index in [1.165, 1.54) is 0 Å². The molecule has 0 spiro atoms. The van der Waals surface area contributed by atoms with Crippen molar-refractivity contribution in [1.29, 1.82) is 0 Å². The van der Waals surface area contributed by atoms with Crippen LogP contribution in [0.25, 0.3) is 16.9 Å². The first kappa shape index (κ1) is 10.7. The van der Waals surface area contributed by atoms with Gasteiger partial charge in [0, 0.05) is 32.1 Å². The number of fused-ring (bicyclic) bond motifs is 1. The van der Waals surface area contributed by atoms with Crippen molar-refractivity contribution in [2.45, 2.75) is 0 Å². The van der Waals surface area contributed by atoms with Crippen molar-refractivity contribution >= 4 is 11.5 Å². The van der Waals surface area contributed by atoms with E-state index in [1.807, 2.05) is 60.2 Å². The zero-order valence-electron chi connectivity index (χ0n) is 10.3. The molecule has 0 atom stereocenters. The summed E-state index contributed by atoms with van der Waals surface area (Å²) < 4.78 is 1.81. The minimum atomic E-state index is 0.837. The summed E-state index contributed by atoms with van der Waals surface area (Å²) in [6.07, 6.45) is 5.40. The molecule has 0 fully saturated rings. The summed E-state index contributed by atoms with van der Waals surface area (Å²) in [6.45, 7) is 0. The molecular weight excluding hydrogens is 226 g/mol. The third-order valence-corrected chi connectivity index (χ3v) is 2.78. The molecule has 3 aromatic rings. The lowest BCUT2D eigenvalue weighted by atomic mass is 10.2. The van der Waals surface area contributed by atoms with Gasteiger partial charge in [0.05, 0.1) is 11.9 Å². The number of imidazole rings is 1. The van der Waals surface area contributed by atoms with Gasteiger partial charge < -0.3 is 4.90 Å². The highest BCUT2D eigenvalue weighted by Crippen LogP contribution is 2.20. The van der Waals surface area contributed by atoms with Crippen LogP contribution in [0.3, 0.4) is 0 Å². The van der Waals surface area contributed by atoms with Gasteiger partial charge in [-0.15, -0.1) is 0 Å². The molecule has 0 aliphatic rings. The maximum Gasteiger partial charge on any atom is 0.154 e. The molecule has 3 rings (SSSR count). The lowest BCUT2D eigenvalue weighted by Crippen LogP contribution is -2.10. The summed E-state index contributed by atoms with van der Waals surface area (Å²) in [7, 11) is 3.94. The SMILES string of the molecule is CN(C)c1ccc(-c2cnc3cccnn23)cn1. The van der Waals surface area contributed by atoms with Crippen LogP contribution < -0.4 is 4.90 Å². The molecule has 0 unspecified atom stereocenters. The molecule has 0 aliphatic heterocycles. The van der Waals surface area contributed by atoms with Gasteiger partial charge in [-0.2, -0.15) is 5.10 Å². The predicted molar refractivity (Wildman–Crippen MR) is 70.5 cm³/mol. The Morgan fingerprint density at radius 2 is 1.94 bits per heavy atom. The first-order valence-corrected chi connectivity index (χ1v) is 5.68. The van der Waals surface area contributed by atoms with E-state index < -0.39 is 0 Å². The minimum Gasteiger partial charge on any atom is -0.363 e. The second-order valence-electron chi connectivity index (χ2n) is 4.24. The van der Waals surface area contributed by atoms with Crippen LogP contribution >= 0.6 is 0 Å². The molecule has 90 valence electrons. The summed E-state index contributed by atoms with van der Waals surface area (Å²) >= 11 is 0. The molecule has 0 aliphatic carbocycles. The fraction of sp³-hybridized carbons (Fsp3) is 0.154. The van der Waals surface area contributed by atoms with Gasteiger partial charge in [0.25, 0.3) is 0 Å². The van der Waals surface area contributed by atoms with Gasteiger partial charge in [-0.3, -0.25) is 0 Å². The van der Waals surface area contributed by atoms with Gasteiger partial charge in [0.2, 0.25) is 0 Å². The number of anilines is 1. The van der Waals surface area contributed by atoms with E-state index in [4.69, 9.17) is 0 Å². The van der Waals surface area contributed by atoms with Crippen LogP contribution in [0.2, 0.25) is 0 Å². The van der Waals surface area contributed by atoms with E-state index in [-0.39, 0.29) is 0 Å². The number of aromatic nitrogens is 4. The van der Waals surface area contributed by atoms with E-state index >= 15 is 0 Å². The van der Waals surface area contributed by atoms with Crippen molar-refractivity contribution in [3.05, 3.63) is 42.9 Å². The van der Waals surface area contributed by atoms with E-state index in [0.717, 1.165) is 22.7 Å². The van der Waals surface area contributed by atoms with Crippen molar-refractivity contribution in [2.75, 3.05) is 19.0 Å². The van der Waals surface area contributed by atoms with Crippen LogP contribution in [0.15, 0.2) is 42.9 Å². The molecule has 0 N–H and O–H groups in total. The van der Waals surface area contributed by atoms with Gasteiger partial charge in [0.15, 0.2) is 5.65 Å². The monoisotopic (exact) mass is 239 g/mol. The molecule has 0 saturated heterocycles. The lowest BCUT2D eigenvalue weighted by molar-refractivity contribution is 0.941. The third-order valence-electron chi connectivity index (χ3n) is 2.78. The Hall–Kier alpha value is -2.43. The number of rotatable bonds is 2. The van der Waals surface area contributed by atoms with E-state index in [2.05, 4.69) is 15.1 Å². The second kappa shape index (κ2) is 4.10. The molecule has 5 heteroatoms. The van der Waals surface area contributed by atoms with Crippen molar-refractivity contribution in [3.8, 4) is 11.3 Å². The Balaban J connectivity index is 2.09. The molecule has 18 heavy (non-hydrogen) atoms. The zero-order valence-corrected chi connectivity index (χ0v) is 10.3. The average molecular weight is 239 g/mol. The first-order chi connectivity index (χ1) is 8.75. The maximum absolute atomic E-state index is 4.40. The summed E-state index contributed by atoms with van der Waals surface area (Å²) in [6, 6.07) is 7.82. The lowest BCUT2D eigenvalue weighted by Gasteiger charge is -2.10. The molecule has 3 aromatic heterocycles. The fourth-order valence-electron chi connectivity index (χ4n) is 1.83. The highest BCUT2D eigenvalue weighted by Gasteiger charge is 2.07. The number of hydrogen-bond acceptors (Lipinski definition) is 4. The van der Waals surface area contributed by atoms with Crippen LogP contribution in [0.4, 0.5) is 5.82 Å². The van der Waals surface area contributed by atoms with Crippen molar-refractivity contribution in [1.82, 2.24) is 19.6 Å². The summed E-state index contributed by atoms with van der Waals surface area (Å²) in [5.41, 5.74) is 2.79. The van der Waals surface area contributed by atoms with E-state index in [1.54, 1.807) is 6.20 Å². The zero-order chi connectivity index (χ0) is 12.5. The average Bonchev–Trinajstić information content (AvgIpc) is 2.82. The number of nitrogens with zero attached hydrogens (tertiary/aromatic N) is 5. The summed E-state index contributed by atoms with van der Waals surface area (Å²) in [4.78, 5) is 10.7. The van der Waals surface area contributed by atoms with Crippen molar-refractivity contribution < 1.29 is 0 Å². The maximum atomic E-state index is 4.40. The third kappa shape index (κ3) is 1.69. The van der Waals surface area contributed by atoms with Gasteiger partial charge in [0.1, 0.15) is 5.82 Å². The van der Waals surface area contributed by atoms with Gasteiger partial charge in [-0.25, -0.2) is 14.5 Å². The normalized spacial score (nSPS) is 10.8. The number of hydrogen-bond donors (Lipinski definition) is 0. The van der Waals surface area contributed by atoms with Crippen LogP contribution in [-0.2, 0) is 0 Å². The van der Waals surface area contributed by atoms with Crippen LogP contribution in [0, 0.1) is 0 Å². The standard InChI is InChI=1S/C13H13N5/c1-17(2)12-6-5-10(8-14-12)11-9-15-13-4-3-7-16-18(11)13/h3-9H,1-2H3. The molecule has 0 bridgehead atoms. The fourth-order valence-corrected chi connectivity index (χ4v) is 1.83. The molecule has 3 heterocycles. The molecule has 0 amide bonds. The Bertz CT molecular complexity index is 669. The summed E-state index contributed by atoms with van der Waals surface area (Å²) in [5, 5.41) is 4.29. The molecule has 0 radical (unpaired) electrons. The topological polar surface area (TPSA) is 46.3 Å². The smallest absolute Gasteiger partial charge is 0.154 e. The number of pyridine rings is 1. The van der Waals surface area contributed by atoms with Gasteiger partial charge in [-0.05, 0) is 24.3 Å². The van der Waals surface area contributed by atoms with Crippen LogP contribution in [0.5, 0.6) is 0 Å². The highest BCUT2D eigenvalue weighted by molar-refractivity contribution is 5.63. The molecular formula is C13H13N5. The predicted octanol–water partition coefficient (Wildman–Crippen LogP) is 1.86. The van der Waals surface area contributed by atoms with Crippen molar-refractivity contribution in [3.63, 3.8) is 0 Å². The van der Waals surface area contributed by atoms with Crippen LogP contribution in [0.1, 0.15) is 0 Å². The highest BCUT2D eigenvalue weighted by atomic mass is 15.2. The Kier molecular flexibility index (Phi) is 2.44. The van der Waals surface area contributed by atoms with Crippen LogP contribution in [-0.4, -0.2) is 33.7 Å². The summed E-state index contributed by atoms with van der Waals surface area (Å²) in [5.74, 6) is 0.931. The molecule has 5 nitrogen and oxygen atoms in total. The van der Waals surface area contributed by atoms with E-state index in [9.17, 15) is 0 Å². The van der Waals surface area contributed by atoms with E-state index in [0.29, 0.717) is 0 Å². The quantitative estimate of drug-likeness (QED) is 0.684. The second-order valence-corrected chi connectivity index (χ2v) is 4.24. The first-order valence-electron chi connectivity index (χ1n) is 5.68. The largest absolute Gasteiger partial charge is 0.363 e. The Labute approximate surface area is 105 Å². The Morgan fingerprint density at radius 1 is 1.06 bits per heavy atom. The molecule has 0 aromatic carbocycles. The molecule has 0 saturated carbocycles. The Morgan fingerprint density at radius 3 is 2.67 bits per heavy atom. The van der Waals surface area contributed by atoms with Gasteiger partial charge >= 0.3 is 0 Å². The van der Waals surface area contributed by atoms with Gasteiger partial charge in [-0.1, -0.05) is 0 Å². The van der Waals surface area contributed by atoms with Crippen molar-refractivity contribution in [2.24, 2.45) is 0 Å².